The van der Waals surface area contributed by atoms with E-state index in [-0.39, 0.29) is 11.1 Å². The van der Waals surface area contributed by atoms with Crippen molar-refractivity contribution in [2.75, 3.05) is 7.11 Å². The zero-order valence-corrected chi connectivity index (χ0v) is 14.4. The summed E-state index contributed by atoms with van der Waals surface area (Å²) in [5.74, 6) is 0.713. The average molecular weight is 368 g/mol. The smallest absolute Gasteiger partial charge is 0.416 e. The maximum absolute atomic E-state index is 12.9. The zero-order valence-electron chi connectivity index (χ0n) is 14.4. The Kier molecular flexibility index (Phi) is 5.04. The van der Waals surface area contributed by atoms with Crippen LogP contribution in [0.4, 0.5) is 13.2 Å². The van der Waals surface area contributed by atoms with Crippen molar-refractivity contribution in [2.45, 2.75) is 6.18 Å². The zero-order chi connectivity index (χ0) is 19.4. The van der Waals surface area contributed by atoms with Crippen molar-refractivity contribution in [2.24, 2.45) is 0 Å². The van der Waals surface area contributed by atoms with Gasteiger partial charge in [0.15, 0.2) is 0 Å². The average Bonchev–Trinajstić information content (AvgIpc) is 3.14. The van der Waals surface area contributed by atoms with E-state index in [2.05, 4.69) is 0 Å². The highest BCUT2D eigenvalue weighted by Gasteiger charge is 2.30. The van der Waals surface area contributed by atoms with E-state index in [0.29, 0.717) is 11.4 Å². The van der Waals surface area contributed by atoms with E-state index in [1.54, 1.807) is 37.5 Å². The van der Waals surface area contributed by atoms with Crippen LogP contribution in [-0.4, -0.2) is 11.7 Å². The summed E-state index contributed by atoms with van der Waals surface area (Å²) in [4.78, 5) is 0. The number of hydrogen-bond acceptors (Lipinski definition) is 2. The lowest BCUT2D eigenvalue weighted by molar-refractivity contribution is -0.137. The number of rotatable bonds is 4. The molecule has 1 aromatic heterocycles. The molecule has 0 spiro atoms. The summed E-state index contributed by atoms with van der Waals surface area (Å²) in [7, 11) is 1.58. The fourth-order valence-electron chi connectivity index (χ4n) is 2.68. The van der Waals surface area contributed by atoms with Gasteiger partial charge in [0.2, 0.25) is 0 Å². The minimum atomic E-state index is -4.46. The van der Waals surface area contributed by atoms with Crippen molar-refractivity contribution in [3.8, 4) is 17.5 Å². The van der Waals surface area contributed by atoms with Gasteiger partial charge in [-0.15, -0.1) is 0 Å². The molecule has 27 heavy (non-hydrogen) atoms. The topological polar surface area (TPSA) is 38.0 Å². The van der Waals surface area contributed by atoms with Gasteiger partial charge in [0.1, 0.15) is 5.75 Å². The first-order chi connectivity index (χ1) is 12.9. The normalized spacial score (nSPS) is 11.9. The molecule has 2 aromatic carbocycles. The number of aromatic nitrogens is 1. The number of methoxy groups -OCH3 is 1. The van der Waals surface area contributed by atoms with E-state index in [1.165, 1.54) is 12.1 Å². The van der Waals surface area contributed by atoms with Crippen molar-refractivity contribution in [3.05, 3.63) is 83.7 Å². The van der Waals surface area contributed by atoms with Crippen LogP contribution in [0.3, 0.4) is 0 Å². The van der Waals surface area contributed by atoms with Crippen LogP contribution in [0.5, 0.6) is 5.75 Å². The maximum atomic E-state index is 12.9. The van der Waals surface area contributed by atoms with Crippen LogP contribution in [0.15, 0.2) is 66.9 Å². The molecule has 3 nitrogen and oxygen atoms in total. The molecule has 0 fully saturated rings. The minimum Gasteiger partial charge on any atom is -0.497 e. The second kappa shape index (κ2) is 7.42. The number of benzene rings is 2. The first kappa shape index (κ1) is 18.3. The van der Waals surface area contributed by atoms with Crippen LogP contribution in [0.1, 0.15) is 16.8 Å². The largest absolute Gasteiger partial charge is 0.497 e. The Bertz CT molecular complexity index is 1010. The van der Waals surface area contributed by atoms with Gasteiger partial charge >= 0.3 is 6.18 Å². The number of allylic oxidation sites excluding steroid dienone is 1. The predicted octanol–water partition coefficient (Wildman–Crippen LogP) is 5.57. The van der Waals surface area contributed by atoms with Gasteiger partial charge in [-0.3, -0.25) is 0 Å². The summed E-state index contributed by atoms with van der Waals surface area (Å²) < 4.78 is 45.8. The Morgan fingerprint density at radius 1 is 1.07 bits per heavy atom. The van der Waals surface area contributed by atoms with Gasteiger partial charge < -0.3 is 9.30 Å². The molecular weight excluding hydrogens is 353 g/mol. The van der Waals surface area contributed by atoms with E-state index in [0.717, 1.165) is 17.8 Å². The van der Waals surface area contributed by atoms with E-state index < -0.39 is 11.7 Å². The first-order valence-electron chi connectivity index (χ1n) is 8.03. The number of alkyl halides is 3. The standard InChI is InChI=1S/C21H15F3N2O/c1-27-20-9-7-18(8-10-20)26-11-3-6-19(26)13-16(14-25)15-4-2-5-17(12-15)21(22,23)24/h2-13H,1H3/b16-13-. The maximum Gasteiger partial charge on any atom is 0.416 e. The van der Waals surface area contributed by atoms with Crippen molar-refractivity contribution in [1.29, 1.82) is 5.26 Å². The molecular formula is C21H15F3N2O. The van der Waals surface area contributed by atoms with Crippen LogP contribution in [0, 0.1) is 11.3 Å². The predicted molar refractivity (Wildman–Crippen MR) is 97.2 cm³/mol. The fourth-order valence-corrected chi connectivity index (χ4v) is 2.68. The van der Waals surface area contributed by atoms with Gasteiger partial charge in [0.25, 0.3) is 0 Å². The highest BCUT2D eigenvalue weighted by Crippen LogP contribution is 2.31. The first-order valence-corrected chi connectivity index (χ1v) is 8.03. The van der Waals surface area contributed by atoms with E-state index in [1.807, 2.05) is 29.0 Å². The van der Waals surface area contributed by atoms with E-state index in [9.17, 15) is 18.4 Å². The Balaban J connectivity index is 2.01. The molecule has 0 N–H and O–H groups in total. The molecule has 0 radical (unpaired) electrons. The fraction of sp³-hybridized carbons (Fsp3) is 0.0952. The number of nitrogens with zero attached hydrogens (tertiary/aromatic N) is 2. The summed E-state index contributed by atoms with van der Waals surface area (Å²) in [5, 5.41) is 9.48. The second-order valence-electron chi connectivity index (χ2n) is 5.75. The lowest BCUT2D eigenvalue weighted by Gasteiger charge is -2.10. The molecule has 0 aliphatic rings. The minimum absolute atomic E-state index is 0.148. The third-order valence-corrected chi connectivity index (χ3v) is 4.04. The molecule has 0 aliphatic heterocycles. The molecule has 3 aromatic rings. The Morgan fingerprint density at radius 2 is 1.81 bits per heavy atom. The third kappa shape index (κ3) is 4.04. The molecule has 0 amide bonds. The molecule has 0 aliphatic carbocycles. The number of ether oxygens (including phenoxy) is 1. The molecule has 0 saturated heterocycles. The Labute approximate surface area is 154 Å². The van der Waals surface area contributed by atoms with Gasteiger partial charge in [0.05, 0.1) is 24.3 Å². The van der Waals surface area contributed by atoms with Crippen molar-refractivity contribution in [3.63, 3.8) is 0 Å². The van der Waals surface area contributed by atoms with Gasteiger partial charge in [-0.25, -0.2) is 0 Å². The summed E-state index contributed by atoms with van der Waals surface area (Å²) in [6, 6.07) is 17.7. The summed E-state index contributed by atoms with van der Waals surface area (Å²) in [6.07, 6.45) is -1.08. The van der Waals surface area contributed by atoms with Gasteiger partial charge in [0, 0.05) is 17.6 Å². The number of hydrogen-bond donors (Lipinski definition) is 0. The lowest BCUT2D eigenvalue weighted by atomic mass is 10.0. The number of nitriles is 1. The summed E-state index contributed by atoms with van der Waals surface area (Å²) >= 11 is 0. The highest BCUT2D eigenvalue weighted by molar-refractivity contribution is 5.89. The lowest BCUT2D eigenvalue weighted by Crippen LogP contribution is -2.05. The van der Waals surface area contributed by atoms with Crippen LogP contribution in [0.25, 0.3) is 17.3 Å². The van der Waals surface area contributed by atoms with Crippen molar-refractivity contribution in [1.82, 2.24) is 4.57 Å². The van der Waals surface area contributed by atoms with Gasteiger partial charge in [-0.05, 0) is 60.2 Å². The quantitative estimate of drug-likeness (QED) is 0.565. The van der Waals surface area contributed by atoms with Crippen LogP contribution in [-0.2, 0) is 6.18 Å². The molecule has 6 heteroatoms. The second-order valence-corrected chi connectivity index (χ2v) is 5.75. The monoisotopic (exact) mass is 368 g/mol. The van der Waals surface area contributed by atoms with Gasteiger partial charge in [-0.2, -0.15) is 18.4 Å². The molecule has 136 valence electrons. The Hall–Kier alpha value is -3.46. The molecule has 1 heterocycles. The van der Waals surface area contributed by atoms with Crippen LogP contribution < -0.4 is 4.74 Å². The van der Waals surface area contributed by atoms with Crippen LogP contribution >= 0.6 is 0 Å². The third-order valence-electron chi connectivity index (χ3n) is 4.04. The van der Waals surface area contributed by atoms with Crippen molar-refractivity contribution >= 4 is 11.6 Å². The van der Waals surface area contributed by atoms with E-state index >= 15 is 0 Å². The van der Waals surface area contributed by atoms with Crippen LogP contribution in [0.2, 0.25) is 0 Å². The van der Waals surface area contributed by atoms with Gasteiger partial charge in [-0.1, -0.05) is 12.1 Å². The molecule has 0 atom stereocenters. The van der Waals surface area contributed by atoms with Crippen molar-refractivity contribution < 1.29 is 17.9 Å². The molecule has 0 unspecified atom stereocenters. The molecule has 3 rings (SSSR count). The SMILES string of the molecule is COc1ccc(-n2cccc2/C=C(/C#N)c2cccc(C(F)(F)F)c2)cc1. The van der Waals surface area contributed by atoms with E-state index in [4.69, 9.17) is 4.74 Å². The molecule has 0 bridgehead atoms. The number of halogens is 3. The molecule has 0 saturated carbocycles. The highest BCUT2D eigenvalue weighted by atomic mass is 19.4. The summed E-state index contributed by atoms with van der Waals surface area (Å²) in [6.45, 7) is 0. The summed E-state index contributed by atoms with van der Waals surface area (Å²) in [5.41, 5.74) is 1.10. The Morgan fingerprint density at radius 3 is 2.44 bits per heavy atom.